The average molecular weight is 579 g/mol. The van der Waals surface area contributed by atoms with Crippen molar-refractivity contribution in [1.82, 2.24) is 4.90 Å². The average Bonchev–Trinajstić information content (AvgIpc) is 2.91. The standard InChI is InChI=1S/C28H42N4O5S2/c1-4-5-6-7-8-21-39(29,36)25-12-10-24(11-13-25)30-28(33)26-22-23(15-16-32-17-19-37-20-18-32)9-14-27(26)31(2)38(3,34)35/h9-14,22,29H,4-8,15-21H2,1-3H3,(H,30,33). The first-order valence-corrected chi connectivity index (χ1v) is 17.1. The molecule has 0 radical (unpaired) electrons. The quantitative estimate of drug-likeness (QED) is 0.317. The smallest absolute Gasteiger partial charge is 0.257 e. The van der Waals surface area contributed by atoms with Crippen LogP contribution in [0.4, 0.5) is 11.4 Å². The zero-order chi connectivity index (χ0) is 28.5. The Bertz CT molecular complexity index is 1310. The summed E-state index contributed by atoms with van der Waals surface area (Å²) in [7, 11) is -5.05. The van der Waals surface area contributed by atoms with Gasteiger partial charge in [0, 0.05) is 43.0 Å². The van der Waals surface area contributed by atoms with E-state index in [1.807, 2.05) is 6.07 Å². The number of benzene rings is 2. The maximum absolute atomic E-state index is 13.4. The van der Waals surface area contributed by atoms with Crippen molar-refractivity contribution in [3.8, 4) is 0 Å². The summed E-state index contributed by atoms with van der Waals surface area (Å²) in [5.41, 5.74) is 1.95. The van der Waals surface area contributed by atoms with Gasteiger partial charge in [0.15, 0.2) is 0 Å². The Labute approximate surface area is 233 Å². The Kier molecular flexibility index (Phi) is 11.3. The van der Waals surface area contributed by atoms with Crippen LogP contribution in [0.1, 0.15) is 54.9 Å². The molecule has 1 aliphatic rings. The fourth-order valence-electron chi connectivity index (χ4n) is 4.47. The molecule has 1 amide bonds. The van der Waals surface area contributed by atoms with Crippen molar-refractivity contribution in [2.45, 2.75) is 50.3 Å². The molecule has 11 heteroatoms. The first-order valence-electron chi connectivity index (χ1n) is 13.6. The van der Waals surface area contributed by atoms with Gasteiger partial charge in [-0.15, -0.1) is 0 Å². The van der Waals surface area contributed by atoms with Crippen LogP contribution < -0.4 is 9.62 Å². The number of ether oxygens (including phenoxy) is 1. The summed E-state index contributed by atoms with van der Waals surface area (Å²) in [6.07, 6.45) is 6.89. The SMILES string of the molecule is CCCCCCCS(=N)(=O)c1ccc(NC(=O)c2cc(CCN3CCOCC3)ccc2N(C)S(C)(=O)=O)cc1. The third-order valence-electron chi connectivity index (χ3n) is 6.99. The summed E-state index contributed by atoms with van der Waals surface area (Å²) >= 11 is 0. The highest BCUT2D eigenvalue weighted by Crippen LogP contribution is 2.26. The minimum absolute atomic E-state index is 0.253. The largest absolute Gasteiger partial charge is 0.379 e. The summed E-state index contributed by atoms with van der Waals surface area (Å²) < 4.78 is 52.3. The highest BCUT2D eigenvalue weighted by Gasteiger charge is 2.21. The number of nitrogens with zero attached hydrogens (tertiary/aromatic N) is 2. The van der Waals surface area contributed by atoms with E-state index in [9.17, 15) is 17.4 Å². The molecule has 0 spiro atoms. The molecule has 0 bridgehead atoms. The van der Waals surface area contributed by atoms with Crippen LogP contribution in [0.25, 0.3) is 0 Å². The maximum Gasteiger partial charge on any atom is 0.257 e. The molecule has 1 atom stereocenters. The third kappa shape index (κ3) is 9.30. The lowest BCUT2D eigenvalue weighted by atomic mass is 10.0. The predicted octanol–water partition coefficient (Wildman–Crippen LogP) is 4.59. The summed E-state index contributed by atoms with van der Waals surface area (Å²) in [5.74, 6) is -0.120. The highest BCUT2D eigenvalue weighted by atomic mass is 32.2. The van der Waals surface area contributed by atoms with E-state index in [4.69, 9.17) is 9.52 Å². The second-order valence-corrected chi connectivity index (χ2v) is 14.3. The maximum atomic E-state index is 13.4. The van der Waals surface area contributed by atoms with Gasteiger partial charge < -0.3 is 10.1 Å². The molecule has 1 heterocycles. The fraction of sp³-hybridized carbons (Fsp3) is 0.536. The van der Waals surface area contributed by atoms with Gasteiger partial charge in [-0.1, -0.05) is 38.7 Å². The van der Waals surface area contributed by atoms with E-state index < -0.39 is 25.7 Å². The van der Waals surface area contributed by atoms with Gasteiger partial charge in [-0.25, -0.2) is 17.4 Å². The van der Waals surface area contributed by atoms with Crippen LogP contribution in [0.3, 0.4) is 0 Å². The number of anilines is 2. The number of carbonyl (C=O) groups is 1. The van der Waals surface area contributed by atoms with Crippen molar-refractivity contribution >= 4 is 37.0 Å². The molecular weight excluding hydrogens is 536 g/mol. The van der Waals surface area contributed by atoms with E-state index in [1.165, 1.54) is 7.05 Å². The molecule has 0 aromatic heterocycles. The van der Waals surface area contributed by atoms with Gasteiger partial charge in [0.05, 0.1) is 40.4 Å². The molecule has 2 aromatic carbocycles. The monoisotopic (exact) mass is 578 g/mol. The van der Waals surface area contributed by atoms with Crippen LogP contribution in [-0.2, 0) is 30.9 Å². The predicted molar refractivity (Wildman–Crippen MR) is 158 cm³/mol. The lowest BCUT2D eigenvalue weighted by Crippen LogP contribution is -2.37. The van der Waals surface area contributed by atoms with Crippen LogP contribution in [-0.4, -0.2) is 75.3 Å². The molecule has 1 unspecified atom stereocenters. The van der Waals surface area contributed by atoms with Gasteiger partial charge in [-0.3, -0.25) is 14.0 Å². The molecule has 1 aliphatic heterocycles. The van der Waals surface area contributed by atoms with Crippen LogP contribution in [0.15, 0.2) is 47.4 Å². The van der Waals surface area contributed by atoms with E-state index in [-0.39, 0.29) is 5.56 Å². The van der Waals surface area contributed by atoms with E-state index in [0.717, 1.165) is 67.9 Å². The van der Waals surface area contributed by atoms with E-state index >= 15 is 0 Å². The number of rotatable bonds is 14. The number of hydrogen-bond donors (Lipinski definition) is 2. The first-order chi connectivity index (χ1) is 18.5. The summed E-state index contributed by atoms with van der Waals surface area (Å²) in [6.45, 7) is 6.10. The van der Waals surface area contributed by atoms with Crippen LogP contribution in [0.5, 0.6) is 0 Å². The van der Waals surface area contributed by atoms with Crippen molar-refractivity contribution in [1.29, 1.82) is 4.78 Å². The molecule has 3 rings (SSSR count). The molecule has 39 heavy (non-hydrogen) atoms. The van der Waals surface area contributed by atoms with Gasteiger partial charge in [0.1, 0.15) is 0 Å². The lowest BCUT2D eigenvalue weighted by Gasteiger charge is -2.26. The van der Waals surface area contributed by atoms with Crippen molar-refractivity contribution in [2.75, 3.05) is 61.5 Å². The van der Waals surface area contributed by atoms with Gasteiger partial charge >= 0.3 is 0 Å². The second-order valence-electron chi connectivity index (χ2n) is 10.1. The Balaban J connectivity index is 1.74. The van der Waals surface area contributed by atoms with Crippen LogP contribution in [0, 0.1) is 4.78 Å². The topological polar surface area (TPSA) is 120 Å². The van der Waals surface area contributed by atoms with E-state index in [2.05, 4.69) is 17.1 Å². The van der Waals surface area contributed by atoms with Gasteiger partial charge in [0.2, 0.25) is 10.0 Å². The van der Waals surface area contributed by atoms with Crippen molar-refractivity contribution in [3.05, 3.63) is 53.6 Å². The van der Waals surface area contributed by atoms with E-state index in [0.29, 0.717) is 41.7 Å². The van der Waals surface area contributed by atoms with Gasteiger partial charge in [0.25, 0.3) is 5.91 Å². The van der Waals surface area contributed by atoms with Crippen molar-refractivity contribution < 1.29 is 22.2 Å². The van der Waals surface area contributed by atoms with Crippen molar-refractivity contribution in [2.24, 2.45) is 0 Å². The zero-order valence-electron chi connectivity index (χ0n) is 23.3. The second kappa shape index (κ2) is 14.2. The van der Waals surface area contributed by atoms with Crippen LogP contribution >= 0.6 is 0 Å². The number of nitrogens with one attached hydrogen (secondary N) is 2. The third-order valence-corrected chi connectivity index (χ3v) is 10.1. The normalized spacial score (nSPS) is 16.0. The lowest BCUT2D eigenvalue weighted by molar-refractivity contribution is 0.0384. The minimum atomic E-state index is -3.58. The van der Waals surface area contributed by atoms with Crippen molar-refractivity contribution in [3.63, 3.8) is 0 Å². The number of morpholine rings is 1. The number of sulfonamides is 1. The number of hydrogen-bond acceptors (Lipinski definition) is 7. The molecule has 0 saturated carbocycles. The molecule has 0 aliphatic carbocycles. The highest BCUT2D eigenvalue weighted by molar-refractivity contribution is 7.92. The fourth-order valence-corrected chi connectivity index (χ4v) is 6.41. The Morgan fingerprint density at radius 3 is 2.33 bits per heavy atom. The summed E-state index contributed by atoms with van der Waals surface area (Å²) in [5, 5.41) is 2.84. The number of amides is 1. The Morgan fingerprint density at radius 1 is 1.03 bits per heavy atom. The minimum Gasteiger partial charge on any atom is -0.379 e. The summed E-state index contributed by atoms with van der Waals surface area (Å²) in [4.78, 5) is 16.1. The molecular formula is C28H42N4O5S2. The molecule has 2 N–H and O–H groups in total. The Hall–Kier alpha value is -2.47. The molecule has 216 valence electrons. The molecule has 1 fully saturated rings. The molecule has 1 saturated heterocycles. The Morgan fingerprint density at radius 2 is 1.69 bits per heavy atom. The zero-order valence-corrected chi connectivity index (χ0v) is 24.9. The van der Waals surface area contributed by atoms with Crippen LogP contribution in [0.2, 0.25) is 0 Å². The number of carbonyl (C=O) groups excluding carboxylic acids is 1. The molecule has 2 aromatic rings. The first kappa shape index (κ1) is 31.1. The van der Waals surface area contributed by atoms with Gasteiger partial charge in [-0.2, -0.15) is 0 Å². The summed E-state index contributed by atoms with van der Waals surface area (Å²) in [6, 6.07) is 11.8. The number of unbranched alkanes of at least 4 members (excludes halogenated alkanes) is 4. The van der Waals surface area contributed by atoms with Gasteiger partial charge in [-0.05, 0) is 54.8 Å². The van der Waals surface area contributed by atoms with E-state index in [1.54, 1.807) is 36.4 Å². The molecule has 9 nitrogen and oxygen atoms in total.